The number of halogens is 1. The first kappa shape index (κ1) is 14.2. The molecule has 98 valence electrons. The molecule has 2 aromatic carbocycles. The number of carbonyl (C=O) groups is 1. The zero-order chi connectivity index (χ0) is 13.8. The van der Waals surface area contributed by atoms with Crippen LogP contribution in [0.3, 0.4) is 0 Å². The van der Waals surface area contributed by atoms with Crippen molar-refractivity contribution in [3.8, 4) is 5.75 Å². The molecule has 0 unspecified atom stereocenters. The highest BCUT2D eigenvalue weighted by Crippen LogP contribution is 2.32. The van der Waals surface area contributed by atoms with E-state index in [0.717, 1.165) is 20.0 Å². The third kappa shape index (κ3) is 3.61. The minimum Gasteiger partial charge on any atom is -0.497 e. The molecule has 0 fully saturated rings. The summed E-state index contributed by atoms with van der Waals surface area (Å²) in [5.41, 5.74) is 0.704. The van der Waals surface area contributed by atoms with E-state index in [9.17, 15) is 4.79 Å². The molecule has 0 aliphatic carbocycles. The van der Waals surface area contributed by atoms with E-state index in [1.54, 1.807) is 25.8 Å². The van der Waals surface area contributed by atoms with Crippen molar-refractivity contribution in [2.24, 2.45) is 0 Å². The van der Waals surface area contributed by atoms with Crippen LogP contribution >= 0.6 is 27.7 Å². The van der Waals surface area contributed by atoms with Crippen molar-refractivity contribution >= 4 is 33.5 Å². The molecule has 2 aromatic rings. The third-order valence-electron chi connectivity index (χ3n) is 2.60. The van der Waals surface area contributed by atoms with Crippen LogP contribution in [0.4, 0.5) is 0 Å². The lowest BCUT2D eigenvalue weighted by molar-refractivity contribution is 0.101. The molecule has 19 heavy (non-hydrogen) atoms. The number of rotatable bonds is 4. The Morgan fingerprint density at radius 3 is 2.53 bits per heavy atom. The quantitative estimate of drug-likeness (QED) is 0.749. The summed E-state index contributed by atoms with van der Waals surface area (Å²) < 4.78 is 6.03. The average molecular weight is 337 g/mol. The molecule has 4 heteroatoms. The molecule has 0 saturated carbocycles. The lowest BCUT2D eigenvalue weighted by atomic mass is 10.2. The van der Waals surface area contributed by atoms with Crippen LogP contribution in [-0.2, 0) is 0 Å². The molecule has 0 aliphatic heterocycles. The number of ketones is 1. The van der Waals surface area contributed by atoms with Gasteiger partial charge in [0.1, 0.15) is 5.75 Å². The molecule has 0 radical (unpaired) electrons. The first-order valence-corrected chi connectivity index (χ1v) is 7.33. The maximum absolute atomic E-state index is 11.4. The summed E-state index contributed by atoms with van der Waals surface area (Å²) in [6.07, 6.45) is 0. The number of Topliss-reactive ketones (excluding diaryl/α,β-unsaturated/α-hetero) is 1. The van der Waals surface area contributed by atoms with Crippen LogP contribution in [0.1, 0.15) is 17.3 Å². The van der Waals surface area contributed by atoms with Crippen molar-refractivity contribution in [3.63, 3.8) is 0 Å². The van der Waals surface area contributed by atoms with Gasteiger partial charge in [0, 0.05) is 19.8 Å². The topological polar surface area (TPSA) is 26.3 Å². The Labute approximate surface area is 125 Å². The number of methoxy groups -OCH3 is 1. The van der Waals surface area contributed by atoms with Gasteiger partial charge in [-0.2, -0.15) is 0 Å². The van der Waals surface area contributed by atoms with Gasteiger partial charge in [0.15, 0.2) is 5.78 Å². The SMILES string of the molecule is COc1cccc(Sc2ccc(C(C)=O)c(Br)c2)c1. The fraction of sp³-hybridized carbons (Fsp3) is 0.133. The van der Waals surface area contributed by atoms with Gasteiger partial charge in [0.25, 0.3) is 0 Å². The number of hydrogen-bond donors (Lipinski definition) is 0. The Kier molecular flexibility index (Phi) is 4.66. The predicted molar refractivity (Wildman–Crippen MR) is 81.3 cm³/mol. The van der Waals surface area contributed by atoms with Gasteiger partial charge in [-0.15, -0.1) is 0 Å². The van der Waals surface area contributed by atoms with Gasteiger partial charge in [-0.25, -0.2) is 0 Å². The Bertz CT molecular complexity index is 611. The summed E-state index contributed by atoms with van der Waals surface area (Å²) in [4.78, 5) is 13.5. The summed E-state index contributed by atoms with van der Waals surface area (Å²) in [5.74, 6) is 0.897. The van der Waals surface area contributed by atoms with Crippen LogP contribution < -0.4 is 4.74 Å². The first-order valence-electron chi connectivity index (χ1n) is 5.72. The van der Waals surface area contributed by atoms with Gasteiger partial charge in [-0.1, -0.05) is 33.8 Å². The van der Waals surface area contributed by atoms with Crippen LogP contribution in [0.2, 0.25) is 0 Å². The summed E-state index contributed by atoms with van der Waals surface area (Å²) in [6, 6.07) is 13.6. The van der Waals surface area contributed by atoms with Gasteiger partial charge < -0.3 is 4.74 Å². The predicted octanol–water partition coefficient (Wildman–Crippen LogP) is 4.81. The van der Waals surface area contributed by atoms with E-state index in [0.29, 0.717) is 5.56 Å². The van der Waals surface area contributed by atoms with E-state index in [1.165, 1.54) is 0 Å². The second kappa shape index (κ2) is 6.26. The molecule has 0 aliphatic rings. The lowest BCUT2D eigenvalue weighted by Crippen LogP contribution is -1.93. The second-order valence-corrected chi connectivity index (χ2v) is 5.98. The normalized spacial score (nSPS) is 10.3. The molecule has 0 saturated heterocycles. The monoisotopic (exact) mass is 336 g/mol. The molecule has 2 nitrogen and oxygen atoms in total. The van der Waals surface area contributed by atoms with Crippen LogP contribution in [0.25, 0.3) is 0 Å². The minimum atomic E-state index is 0.0600. The van der Waals surface area contributed by atoms with E-state index in [2.05, 4.69) is 15.9 Å². The van der Waals surface area contributed by atoms with Crippen molar-refractivity contribution in [2.75, 3.05) is 7.11 Å². The highest BCUT2D eigenvalue weighted by Gasteiger charge is 2.07. The lowest BCUT2D eigenvalue weighted by Gasteiger charge is -2.06. The molecule has 0 heterocycles. The van der Waals surface area contributed by atoms with E-state index in [-0.39, 0.29) is 5.78 Å². The molecule has 0 bridgehead atoms. The Morgan fingerprint density at radius 1 is 1.16 bits per heavy atom. The third-order valence-corrected chi connectivity index (χ3v) is 4.23. The van der Waals surface area contributed by atoms with Gasteiger partial charge in [0.05, 0.1) is 7.11 Å². The molecule has 0 aromatic heterocycles. The van der Waals surface area contributed by atoms with Crippen LogP contribution in [0.5, 0.6) is 5.75 Å². The van der Waals surface area contributed by atoms with Gasteiger partial charge in [-0.3, -0.25) is 4.79 Å². The fourth-order valence-electron chi connectivity index (χ4n) is 1.65. The highest BCUT2D eigenvalue weighted by atomic mass is 79.9. The maximum Gasteiger partial charge on any atom is 0.160 e. The fourth-order valence-corrected chi connectivity index (χ4v) is 3.36. The van der Waals surface area contributed by atoms with E-state index < -0.39 is 0 Å². The second-order valence-electron chi connectivity index (χ2n) is 3.98. The van der Waals surface area contributed by atoms with Gasteiger partial charge in [-0.05, 0) is 43.3 Å². The average Bonchev–Trinajstić information content (AvgIpc) is 2.38. The van der Waals surface area contributed by atoms with Crippen molar-refractivity contribution in [3.05, 3.63) is 52.5 Å². The van der Waals surface area contributed by atoms with E-state index in [4.69, 9.17) is 4.74 Å². The van der Waals surface area contributed by atoms with Crippen molar-refractivity contribution in [2.45, 2.75) is 16.7 Å². The standard InChI is InChI=1S/C15H13BrO2S/c1-10(17)14-7-6-13(9-15(14)16)19-12-5-3-4-11(8-12)18-2/h3-9H,1-2H3. The summed E-state index contributed by atoms with van der Waals surface area (Å²) >= 11 is 5.06. The number of ether oxygens (including phenoxy) is 1. The summed E-state index contributed by atoms with van der Waals surface area (Å²) in [5, 5.41) is 0. The number of carbonyl (C=O) groups excluding carboxylic acids is 1. The molecule has 0 amide bonds. The van der Waals surface area contributed by atoms with Crippen molar-refractivity contribution in [1.82, 2.24) is 0 Å². The van der Waals surface area contributed by atoms with Crippen LogP contribution in [0, 0.1) is 0 Å². The van der Waals surface area contributed by atoms with Crippen molar-refractivity contribution < 1.29 is 9.53 Å². The van der Waals surface area contributed by atoms with Crippen LogP contribution in [-0.4, -0.2) is 12.9 Å². The zero-order valence-corrected chi connectivity index (χ0v) is 13.0. The largest absolute Gasteiger partial charge is 0.497 e. The highest BCUT2D eigenvalue weighted by molar-refractivity contribution is 9.10. The summed E-state index contributed by atoms with van der Waals surface area (Å²) in [7, 11) is 1.65. The number of hydrogen-bond acceptors (Lipinski definition) is 3. The van der Waals surface area contributed by atoms with Gasteiger partial charge in [0.2, 0.25) is 0 Å². The smallest absolute Gasteiger partial charge is 0.160 e. The molecular formula is C15H13BrO2S. The molecule has 0 spiro atoms. The first-order chi connectivity index (χ1) is 9.10. The molecule has 2 rings (SSSR count). The molecule has 0 N–H and O–H groups in total. The van der Waals surface area contributed by atoms with E-state index in [1.807, 2.05) is 42.5 Å². The Balaban J connectivity index is 2.23. The number of benzene rings is 2. The Morgan fingerprint density at radius 2 is 1.89 bits per heavy atom. The molecular weight excluding hydrogens is 324 g/mol. The van der Waals surface area contributed by atoms with Crippen LogP contribution in [0.15, 0.2) is 56.7 Å². The minimum absolute atomic E-state index is 0.0600. The van der Waals surface area contributed by atoms with Gasteiger partial charge >= 0.3 is 0 Å². The Hall–Kier alpha value is -1.26. The van der Waals surface area contributed by atoms with Crippen molar-refractivity contribution in [1.29, 1.82) is 0 Å². The zero-order valence-electron chi connectivity index (χ0n) is 10.6. The summed E-state index contributed by atoms with van der Waals surface area (Å²) in [6.45, 7) is 1.56. The maximum atomic E-state index is 11.4. The molecule has 0 atom stereocenters. The van der Waals surface area contributed by atoms with E-state index >= 15 is 0 Å².